The number of nitrogen functional groups attached to an aromatic ring is 2. The summed E-state index contributed by atoms with van der Waals surface area (Å²) >= 11 is 12.2. The third-order valence-electron chi connectivity index (χ3n) is 17.9. The smallest absolute Gasteiger partial charge is 0.339 e. The van der Waals surface area contributed by atoms with E-state index in [1.165, 1.54) is 64.8 Å². The average Bonchev–Trinajstić information content (AvgIpc) is 0.709. The minimum atomic E-state index is -1.43. The van der Waals surface area contributed by atoms with Gasteiger partial charge in [0.15, 0.2) is 0 Å². The summed E-state index contributed by atoms with van der Waals surface area (Å²) in [6.07, 6.45) is 0. The molecule has 0 fully saturated rings. The zero-order chi connectivity index (χ0) is 104. The fraction of sp³-hybridized carbons (Fsp3) is 0.105. The van der Waals surface area contributed by atoms with Crippen molar-refractivity contribution in [3.8, 4) is 55.6 Å². The van der Waals surface area contributed by atoms with Crippen molar-refractivity contribution < 1.29 is 208 Å². The fourth-order valence-corrected chi connectivity index (χ4v) is 15.5. The van der Waals surface area contributed by atoms with E-state index in [0.717, 1.165) is 102 Å². The first-order valence-electron chi connectivity index (χ1n) is 36.4. The van der Waals surface area contributed by atoms with Crippen LogP contribution in [0.25, 0.3) is 55.6 Å². The van der Waals surface area contributed by atoms with Crippen LogP contribution >= 0.6 is 93.0 Å². The van der Waals surface area contributed by atoms with E-state index in [1.807, 2.05) is 45.2 Å². The monoisotopic (exact) mass is 2480 g/mol. The topological polar surface area (TPSA) is 536 Å². The molecule has 0 amide bonds. The summed E-state index contributed by atoms with van der Waals surface area (Å²) in [5.41, 5.74) is 5.46. The number of carboxylic acids is 2. The molecule has 54 heteroatoms. The van der Waals surface area contributed by atoms with Crippen LogP contribution in [0, 0.1) is 112 Å². The third-order valence-corrected chi connectivity index (χ3v) is 22.0. The zero-order valence-corrected chi connectivity index (χ0v) is 82.2. The van der Waals surface area contributed by atoms with Crippen molar-refractivity contribution in [3.05, 3.63) is 326 Å². The van der Waals surface area contributed by atoms with Gasteiger partial charge in [-0.25, -0.2) is 101 Å². The number of hydrogen-bond acceptors (Lipinski definition) is 30. The molecule has 0 heterocycles. The number of carboxylic acid groups (broad SMARTS) is 2. The molecular weight excluding hydrogens is 2430 g/mol. The molecule has 36 nitrogen and oxygen atoms in total. The van der Waals surface area contributed by atoms with E-state index in [2.05, 4.69) is 80.9 Å². The number of nitro benzene ring substituents is 4. The number of nitro groups is 4. The summed E-state index contributed by atoms with van der Waals surface area (Å²) in [7, 11) is 9.76. The Hall–Kier alpha value is -14.0. The van der Waals surface area contributed by atoms with Crippen molar-refractivity contribution >= 4 is 193 Å². The van der Waals surface area contributed by atoms with Crippen LogP contribution in [0.1, 0.15) is 114 Å². The molecule has 0 spiro atoms. The van der Waals surface area contributed by atoms with E-state index in [9.17, 15) is 141 Å². The number of aromatic carboxylic acids is 2. The molecule has 0 saturated carbocycles. The van der Waals surface area contributed by atoms with Crippen LogP contribution in [0.2, 0.25) is 0 Å². The summed E-state index contributed by atoms with van der Waals surface area (Å²) in [4.78, 5) is 168. The predicted molar refractivity (Wildman–Crippen MR) is 485 cm³/mol. The number of halogens is 16. The Balaban J connectivity index is 0.000000346. The van der Waals surface area contributed by atoms with Gasteiger partial charge in [-0.3, -0.25) is 40.5 Å². The largest absolute Gasteiger partial charge is 0.478 e. The van der Waals surface area contributed by atoms with E-state index in [1.54, 1.807) is 0 Å². The minimum absolute atomic E-state index is 0. The van der Waals surface area contributed by atoms with Crippen LogP contribution in [0.15, 0.2) is 153 Å². The number of carbonyl (C=O) groups is 11. The van der Waals surface area contributed by atoms with E-state index in [4.69, 9.17) is 31.2 Å². The summed E-state index contributed by atoms with van der Waals surface area (Å²) in [5, 5.41) is 60.8. The summed E-state index contributed by atoms with van der Waals surface area (Å²) in [6.45, 7) is 0. The number of esters is 9. The van der Waals surface area contributed by atoms with Crippen LogP contribution in [-0.2, 0) is 76.8 Å². The van der Waals surface area contributed by atoms with Crippen molar-refractivity contribution in [2.45, 2.75) is 0 Å². The standard InChI is InChI=1S/C16H10F2I2O4.C16H10F2N2O8.C16H14F2N2O4.C16H10F2O4.C8H5BrFNO4.C7H3BrFNO4.C7H4BrFO2.2Cu/c1-23-15(21)9-3-7(17)5-11(19)13(9)14-10(16(22)24-2)4-8(18)6-12(14)20;1-27-15(21)9-3-7(17)5-11(19(23)24)13(9)14-10(16(22)28-2)4-8(18)6-12(14)20(25)26;1-23-15(21)9-3-7(17)5-11(19)13(9)14-10(16(22)24-2)4-8(18)6-12(14)20;1-21-15(19)11-5-7(17)3-9-10-4-8(18)6-12(16(20)22-2)14(10)13(9)11;1-15-8(12)5-2-4(10)3-6(7(5)9)11(13)14;8-6-4(7(11)12)1-3(9)2-5(6)10(13)14;8-6-2-1-4(9)3-5(6)7(10)11;;/h3-6H,1-2H3;3-6H,1-2H3;3-6H,19-20H2,1-2H3;3-6H,1-2H3;2-3H,1H3;1-2H,(H,11,12);1-3H,(H,10,11);;. The van der Waals surface area contributed by atoms with Crippen molar-refractivity contribution in [1.29, 1.82) is 0 Å². The maximum absolute atomic E-state index is 13.8. The van der Waals surface area contributed by atoms with Crippen LogP contribution in [0.3, 0.4) is 0 Å². The van der Waals surface area contributed by atoms with Crippen molar-refractivity contribution in [1.82, 2.24) is 0 Å². The van der Waals surface area contributed by atoms with Gasteiger partial charge in [0.25, 0.3) is 22.7 Å². The molecule has 744 valence electrons. The third kappa shape index (κ3) is 28.4. The fourth-order valence-electron chi connectivity index (χ4n) is 12.2. The Morgan fingerprint density at radius 1 is 0.271 bits per heavy atom. The van der Waals surface area contributed by atoms with Gasteiger partial charge in [-0.2, -0.15) is 0 Å². The molecule has 11 aromatic rings. The minimum Gasteiger partial charge on any atom is -0.478 e. The molecule has 0 aromatic heterocycles. The number of carbonyl (C=O) groups excluding carboxylic acids is 9. The first-order chi connectivity index (χ1) is 64.7. The van der Waals surface area contributed by atoms with Gasteiger partial charge >= 0.3 is 65.7 Å². The average molecular weight is 2480 g/mol. The number of nitrogens with zero attached hydrogens (tertiary/aromatic N) is 4. The van der Waals surface area contributed by atoms with Gasteiger partial charge in [0, 0.05) is 90.5 Å². The zero-order valence-electron chi connectivity index (χ0n) is 71.2. The van der Waals surface area contributed by atoms with Gasteiger partial charge in [-0.1, -0.05) is 0 Å². The Morgan fingerprint density at radius 3 is 0.729 bits per heavy atom. The van der Waals surface area contributed by atoms with Crippen LogP contribution in [0.5, 0.6) is 0 Å². The second kappa shape index (κ2) is 52.1. The number of rotatable bonds is 18. The molecule has 1 aliphatic carbocycles. The first kappa shape index (κ1) is 118. The molecule has 140 heavy (non-hydrogen) atoms. The number of anilines is 2. The van der Waals surface area contributed by atoms with Gasteiger partial charge in [-0.05, 0) is 219 Å². The Morgan fingerprint density at radius 2 is 0.471 bits per heavy atom. The Labute approximate surface area is 850 Å². The Kier molecular flexibility index (Phi) is 44.0. The summed E-state index contributed by atoms with van der Waals surface area (Å²) < 4.78 is 190. The molecule has 6 N–H and O–H groups in total. The van der Waals surface area contributed by atoms with Crippen molar-refractivity contribution in [2.75, 3.05) is 75.5 Å². The molecule has 0 bridgehead atoms. The van der Waals surface area contributed by atoms with E-state index < -0.39 is 200 Å². The van der Waals surface area contributed by atoms with Crippen molar-refractivity contribution in [3.63, 3.8) is 0 Å². The number of nitrogens with two attached hydrogens (primary N) is 2. The molecule has 0 unspecified atom stereocenters. The SMILES string of the molecule is COC(=O)c1cc(F)cc(I)c1-c1c(I)cc(F)cc1C(=O)OC.COC(=O)c1cc(F)cc(N)c1-c1c(N)cc(F)cc1C(=O)OC.COC(=O)c1cc(F)cc([N+](=O)[O-])c1-c1c(C(=O)OC)cc(F)cc1[N+](=O)[O-].COC(=O)c1cc(F)cc([N+](=O)[O-])c1Br.COC(=O)c1cc(F)cc2c1-c1c(C(=O)OC)cc(F)cc1-2.O=C(O)c1cc(F)cc([N+](=O)[O-])c1Br.O=C(O)c1cc(F)ccc1Br.[Cu].[Cu]. The number of hydrogen-bond donors (Lipinski definition) is 4. The van der Waals surface area contributed by atoms with Gasteiger partial charge in [-0.15, -0.1) is 0 Å². The summed E-state index contributed by atoms with van der Waals surface area (Å²) in [6, 6.07) is 20.9. The maximum Gasteiger partial charge on any atom is 0.339 e. The van der Waals surface area contributed by atoms with Crippen LogP contribution < -0.4 is 11.5 Å². The molecule has 2 radical (unpaired) electrons. The van der Waals surface area contributed by atoms with E-state index >= 15 is 0 Å². The molecular formula is C86H56Br3Cu2F11I2N6O30. The van der Waals surface area contributed by atoms with Gasteiger partial charge in [0.05, 0.1) is 180 Å². The predicted octanol–water partition coefficient (Wildman–Crippen LogP) is 19.7. The second-order valence-electron chi connectivity index (χ2n) is 26.2. The van der Waals surface area contributed by atoms with E-state index in [0.29, 0.717) is 70.3 Å². The van der Waals surface area contributed by atoms with Gasteiger partial charge < -0.3 is 64.3 Å². The molecule has 11 aromatic carbocycles. The molecule has 0 aliphatic heterocycles. The maximum atomic E-state index is 13.8. The van der Waals surface area contributed by atoms with Crippen LogP contribution in [0.4, 0.5) is 82.4 Å². The van der Waals surface area contributed by atoms with Crippen LogP contribution in [-0.4, -0.2) is 160 Å². The van der Waals surface area contributed by atoms with E-state index in [-0.39, 0.29) is 121 Å². The number of methoxy groups -OCH3 is 9. The Bertz CT molecular complexity index is 6440. The van der Waals surface area contributed by atoms with Gasteiger partial charge in [0.2, 0.25) is 0 Å². The molecule has 12 rings (SSSR count). The second-order valence-corrected chi connectivity index (χ2v) is 30.9. The first-order valence-corrected chi connectivity index (χ1v) is 41.0. The molecule has 1 aliphatic rings. The number of ether oxygens (including phenoxy) is 9. The normalized spacial score (nSPS) is 10.2. The van der Waals surface area contributed by atoms with Gasteiger partial charge in [0.1, 0.15) is 72.9 Å². The number of fused-ring (bicyclic) bond motifs is 4. The van der Waals surface area contributed by atoms with Crippen molar-refractivity contribution in [2.24, 2.45) is 0 Å². The molecule has 0 saturated heterocycles. The summed E-state index contributed by atoms with van der Waals surface area (Å²) in [5.74, 6) is -19.6. The quantitative estimate of drug-likeness (QED) is 0.00906. The molecule has 0 atom stereocenters. The number of benzene rings is 11.